The molecule has 0 fully saturated rings. The summed E-state index contributed by atoms with van der Waals surface area (Å²) in [5, 5.41) is 13.3. The SMILES string of the molecule is CC(C)(C)NC(=O)c1cccnc1CC(O)C(N)Cc1cccc(F)c1. The maximum absolute atomic E-state index is 13.3. The van der Waals surface area contributed by atoms with Gasteiger partial charge in [0.1, 0.15) is 5.82 Å². The number of nitrogens with one attached hydrogen (secondary N) is 1. The lowest BCUT2D eigenvalue weighted by Crippen LogP contribution is -2.42. The molecule has 2 unspecified atom stereocenters. The quantitative estimate of drug-likeness (QED) is 0.738. The van der Waals surface area contributed by atoms with Crippen LogP contribution in [-0.2, 0) is 12.8 Å². The van der Waals surface area contributed by atoms with Gasteiger partial charge in [0.25, 0.3) is 5.91 Å². The molecule has 2 atom stereocenters. The molecule has 2 aromatic rings. The molecule has 2 rings (SSSR count). The third-order valence-electron chi connectivity index (χ3n) is 3.88. The number of halogens is 1. The Kier molecular flexibility index (Phi) is 6.45. The summed E-state index contributed by atoms with van der Waals surface area (Å²) in [6, 6.07) is 8.89. The zero-order valence-electron chi connectivity index (χ0n) is 15.4. The Hall–Kier alpha value is -2.31. The van der Waals surface area contributed by atoms with Crippen LogP contribution in [0, 0.1) is 5.82 Å². The molecule has 0 saturated carbocycles. The number of aromatic nitrogens is 1. The smallest absolute Gasteiger partial charge is 0.253 e. The van der Waals surface area contributed by atoms with Crippen molar-refractivity contribution in [3.05, 3.63) is 65.2 Å². The lowest BCUT2D eigenvalue weighted by molar-refractivity contribution is 0.0916. The number of nitrogens with zero attached hydrogens (tertiary/aromatic N) is 1. The Morgan fingerprint density at radius 2 is 2.00 bits per heavy atom. The summed E-state index contributed by atoms with van der Waals surface area (Å²) in [5.74, 6) is -0.582. The molecule has 0 spiro atoms. The van der Waals surface area contributed by atoms with E-state index in [1.54, 1.807) is 30.5 Å². The fourth-order valence-corrected chi connectivity index (χ4v) is 2.64. The molecule has 0 radical (unpaired) electrons. The maximum Gasteiger partial charge on any atom is 0.253 e. The highest BCUT2D eigenvalue weighted by Crippen LogP contribution is 2.14. The Morgan fingerprint density at radius 1 is 1.27 bits per heavy atom. The van der Waals surface area contributed by atoms with Crippen LogP contribution in [0.4, 0.5) is 4.39 Å². The summed E-state index contributed by atoms with van der Waals surface area (Å²) in [4.78, 5) is 16.7. The van der Waals surface area contributed by atoms with Gasteiger partial charge in [0.2, 0.25) is 0 Å². The van der Waals surface area contributed by atoms with Crippen molar-refractivity contribution in [2.24, 2.45) is 5.73 Å². The number of nitrogens with two attached hydrogens (primary N) is 1. The molecule has 4 N–H and O–H groups in total. The van der Waals surface area contributed by atoms with Crippen LogP contribution in [0.5, 0.6) is 0 Å². The van der Waals surface area contributed by atoms with Gasteiger partial charge in [-0.1, -0.05) is 12.1 Å². The van der Waals surface area contributed by atoms with Crippen LogP contribution in [0.3, 0.4) is 0 Å². The lowest BCUT2D eigenvalue weighted by Gasteiger charge is -2.23. The molecule has 0 aliphatic heterocycles. The molecule has 140 valence electrons. The number of hydrogen-bond acceptors (Lipinski definition) is 4. The minimum absolute atomic E-state index is 0.143. The van der Waals surface area contributed by atoms with E-state index in [4.69, 9.17) is 5.73 Å². The highest BCUT2D eigenvalue weighted by atomic mass is 19.1. The standard InChI is InChI=1S/C20H26FN3O2/c1-20(2,3)24-19(26)15-8-5-9-23-17(15)12-18(25)16(22)11-13-6-4-7-14(21)10-13/h4-10,16,18,25H,11-12,22H2,1-3H3,(H,24,26). The van der Waals surface area contributed by atoms with Crippen molar-refractivity contribution in [3.63, 3.8) is 0 Å². The topological polar surface area (TPSA) is 88.2 Å². The van der Waals surface area contributed by atoms with Gasteiger partial charge in [-0.3, -0.25) is 9.78 Å². The third kappa shape index (κ3) is 5.89. The number of rotatable bonds is 6. The largest absolute Gasteiger partial charge is 0.391 e. The zero-order valence-corrected chi connectivity index (χ0v) is 15.4. The number of carbonyl (C=O) groups is 1. The second kappa shape index (κ2) is 8.38. The monoisotopic (exact) mass is 359 g/mol. The molecular formula is C20H26FN3O2. The number of amides is 1. The van der Waals surface area contributed by atoms with Crippen LogP contribution in [-0.4, -0.2) is 33.7 Å². The second-order valence-electron chi connectivity index (χ2n) is 7.47. The molecule has 0 aliphatic rings. The summed E-state index contributed by atoms with van der Waals surface area (Å²) < 4.78 is 13.3. The Morgan fingerprint density at radius 3 is 2.65 bits per heavy atom. The van der Waals surface area contributed by atoms with Crippen molar-refractivity contribution in [2.75, 3.05) is 0 Å². The molecule has 1 amide bonds. The number of benzene rings is 1. The van der Waals surface area contributed by atoms with Gasteiger partial charge in [-0.05, 0) is 57.0 Å². The van der Waals surface area contributed by atoms with Crippen molar-refractivity contribution >= 4 is 5.91 Å². The van der Waals surface area contributed by atoms with Gasteiger partial charge >= 0.3 is 0 Å². The number of pyridine rings is 1. The third-order valence-corrected chi connectivity index (χ3v) is 3.88. The molecule has 0 saturated heterocycles. The van der Waals surface area contributed by atoms with Crippen LogP contribution >= 0.6 is 0 Å². The first-order valence-corrected chi connectivity index (χ1v) is 8.60. The predicted octanol–water partition coefficient (Wildman–Crippen LogP) is 2.22. The minimum Gasteiger partial charge on any atom is -0.391 e. The average molecular weight is 359 g/mol. The van der Waals surface area contributed by atoms with Gasteiger partial charge < -0.3 is 16.2 Å². The molecule has 6 heteroatoms. The van der Waals surface area contributed by atoms with Crippen LogP contribution in [0.25, 0.3) is 0 Å². The van der Waals surface area contributed by atoms with Gasteiger partial charge in [0, 0.05) is 24.2 Å². The van der Waals surface area contributed by atoms with Crippen LogP contribution < -0.4 is 11.1 Å². The molecule has 1 heterocycles. The van der Waals surface area contributed by atoms with Crippen molar-refractivity contribution in [1.29, 1.82) is 0 Å². The van der Waals surface area contributed by atoms with Crippen LogP contribution in [0.2, 0.25) is 0 Å². The van der Waals surface area contributed by atoms with Gasteiger partial charge in [0.15, 0.2) is 0 Å². The highest BCUT2D eigenvalue weighted by molar-refractivity contribution is 5.95. The lowest BCUT2D eigenvalue weighted by atomic mass is 9.97. The fraction of sp³-hybridized carbons (Fsp3) is 0.400. The van der Waals surface area contributed by atoms with Gasteiger partial charge in [-0.2, -0.15) is 0 Å². The molecule has 0 aliphatic carbocycles. The van der Waals surface area contributed by atoms with E-state index in [-0.39, 0.29) is 23.7 Å². The molecule has 1 aromatic carbocycles. The Bertz CT molecular complexity index is 759. The first-order valence-electron chi connectivity index (χ1n) is 8.60. The van der Waals surface area contributed by atoms with Crippen molar-refractivity contribution < 1.29 is 14.3 Å². The van der Waals surface area contributed by atoms with E-state index in [0.717, 1.165) is 0 Å². The number of aliphatic hydroxyl groups is 1. The molecule has 1 aromatic heterocycles. The summed E-state index contributed by atoms with van der Waals surface area (Å²) >= 11 is 0. The number of carbonyl (C=O) groups excluding carboxylic acids is 1. The second-order valence-corrected chi connectivity index (χ2v) is 7.47. The van der Waals surface area contributed by atoms with E-state index in [0.29, 0.717) is 23.2 Å². The summed E-state index contributed by atoms with van der Waals surface area (Å²) in [5.41, 5.74) is 7.31. The zero-order chi connectivity index (χ0) is 19.3. The van der Waals surface area contributed by atoms with E-state index in [9.17, 15) is 14.3 Å². The predicted molar refractivity (Wildman–Crippen MR) is 99.2 cm³/mol. The molecule has 5 nitrogen and oxygen atoms in total. The number of aliphatic hydroxyl groups excluding tert-OH is 1. The van der Waals surface area contributed by atoms with E-state index in [2.05, 4.69) is 10.3 Å². The van der Waals surface area contributed by atoms with E-state index >= 15 is 0 Å². The van der Waals surface area contributed by atoms with Crippen molar-refractivity contribution in [2.45, 2.75) is 51.3 Å². The molecular weight excluding hydrogens is 333 g/mol. The highest BCUT2D eigenvalue weighted by Gasteiger charge is 2.22. The Labute approximate surface area is 153 Å². The van der Waals surface area contributed by atoms with Gasteiger partial charge in [0.05, 0.1) is 17.4 Å². The van der Waals surface area contributed by atoms with Gasteiger partial charge in [-0.15, -0.1) is 0 Å². The minimum atomic E-state index is -0.908. The van der Waals surface area contributed by atoms with E-state index in [1.807, 2.05) is 20.8 Å². The maximum atomic E-state index is 13.3. The van der Waals surface area contributed by atoms with Crippen LogP contribution in [0.1, 0.15) is 42.4 Å². The van der Waals surface area contributed by atoms with E-state index < -0.39 is 12.1 Å². The first kappa shape index (κ1) is 20.0. The molecule has 26 heavy (non-hydrogen) atoms. The fourth-order valence-electron chi connectivity index (χ4n) is 2.64. The van der Waals surface area contributed by atoms with E-state index in [1.165, 1.54) is 12.1 Å². The average Bonchev–Trinajstić information content (AvgIpc) is 2.53. The first-order chi connectivity index (χ1) is 12.2. The van der Waals surface area contributed by atoms with Crippen molar-refractivity contribution in [3.8, 4) is 0 Å². The van der Waals surface area contributed by atoms with Crippen molar-refractivity contribution in [1.82, 2.24) is 10.3 Å². The van der Waals surface area contributed by atoms with Crippen LogP contribution in [0.15, 0.2) is 42.6 Å². The molecule has 0 bridgehead atoms. The number of hydrogen-bond donors (Lipinski definition) is 3. The van der Waals surface area contributed by atoms with Gasteiger partial charge in [-0.25, -0.2) is 4.39 Å². The summed E-state index contributed by atoms with van der Waals surface area (Å²) in [7, 11) is 0. The normalized spacial score (nSPS) is 13.9. The Balaban J connectivity index is 2.08. The summed E-state index contributed by atoms with van der Waals surface area (Å²) in [6.45, 7) is 5.68. The summed E-state index contributed by atoms with van der Waals surface area (Å²) in [6.07, 6.45) is 1.14.